The van der Waals surface area contributed by atoms with Gasteiger partial charge in [-0.05, 0) is 17.7 Å². The Morgan fingerprint density at radius 2 is 2.31 bits per heavy atom. The average molecular weight is 244 g/mol. The third-order valence-corrected chi connectivity index (χ3v) is 2.24. The molecule has 1 aromatic carbocycles. The molecule has 0 amide bonds. The van der Waals surface area contributed by atoms with Crippen molar-refractivity contribution in [1.82, 2.24) is 0 Å². The highest BCUT2D eigenvalue weighted by Crippen LogP contribution is 2.22. The Labute approximate surface area is 85.0 Å². The SMILES string of the molecule is CC(=O)Oc1ccc(CN)c(Br)c1. The van der Waals surface area contributed by atoms with Crippen molar-refractivity contribution in [2.24, 2.45) is 5.73 Å². The summed E-state index contributed by atoms with van der Waals surface area (Å²) in [5, 5.41) is 0. The lowest BCUT2D eigenvalue weighted by molar-refractivity contribution is -0.131. The first-order chi connectivity index (χ1) is 6.13. The lowest BCUT2D eigenvalue weighted by atomic mass is 10.2. The van der Waals surface area contributed by atoms with Crippen LogP contribution < -0.4 is 10.5 Å². The highest BCUT2D eigenvalue weighted by Gasteiger charge is 2.02. The Morgan fingerprint density at radius 1 is 1.62 bits per heavy atom. The van der Waals surface area contributed by atoms with Gasteiger partial charge >= 0.3 is 5.97 Å². The van der Waals surface area contributed by atoms with Gasteiger partial charge in [-0.1, -0.05) is 22.0 Å². The van der Waals surface area contributed by atoms with E-state index in [-0.39, 0.29) is 5.97 Å². The Bertz CT molecular complexity index is 325. The van der Waals surface area contributed by atoms with Gasteiger partial charge in [-0.2, -0.15) is 0 Å². The summed E-state index contributed by atoms with van der Waals surface area (Å²) in [7, 11) is 0. The fraction of sp³-hybridized carbons (Fsp3) is 0.222. The molecule has 3 nitrogen and oxygen atoms in total. The standard InChI is InChI=1S/C9H10BrNO2/c1-6(12)13-8-3-2-7(5-11)9(10)4-8/h2-4H,5,11H2,1H3. The largest absolute Gasteiger partial charge is 0.427 e. The predicted molar refractivity (Wildman–Crippen MR) is 53.3 cm³/mol. The number of ether oxygens (including phenoxy) is 1. The first-order valence-corrected chi connectivity index (χ1v) is 4.59. The lowest BCUT2D eigenvalue weighted by Gasteiger charge is -2.04. The molecule has 0 saturated carbocycles. The molecule has 0 heterocycles. The molecular weight excluding hydrogens is 234 g/mol. The van der Waals surface area contributed by atoms with Crippen LogP contribution in [0.3, 0.4) is 0 Å². The molecule has 0 aliphatic rings. The van der Waals surface area contributed by atoms with Gasteiger partial charge in [-0.25, -0.2) is 0 Å². The molecule has 70 valence electrons. The Hall–Kier alpha value is -0.870. The zero-order chi connectivity index (χ0) is 9.84. The van der Waals surface area contributed by atoms with Crippen molar-refractivity contribution < 1.29 is 9.53 Å². The first-order valence-electron chi connectivity index (χ1n) is 3.80. The van der Waals surface area contributed by atoms with E-state index in [4.69, 9.17) is 10.5 Å². The molecule has 0 fully saturated rings. The van der Waals surface area contributed by atoms with Gasteiger partial charge < -0.3 is 10.5 Å². The summed E-state index contributed by atoms with van der Waals surface area (Å²) < 4.78 is 5.74. The number of hydrogen-bond acceptors (Lipinski definition) is 3. The van der Waals surface area contributed by atoms with Crippen LogP contribution in [0.25, 0.3) is 0 Å². The molecule has 4 heteroatoms. The quantitative estimate of drug-likeness (QED) is 0.637. The van der Waals surface area contributed by atoms with Crippen LogP contribution in [0.15, 0.2) is 22.7 Å². The highest BCUT2D eigenvalue weighted by atomic mass is 79.9. The number of esters is 1. The Morgan fingerprint density at radius 3 is 2.77 bits per heavy atom. The zero-order valence-electron chi connectivity index (χ0n) is 7.21. The molecule has 13 heavy (non-hydrogen) atoms. The molecule has 0 radical (unpaired) electrons. The summed E-state index contributed by atoms with van der Waals surface area (Å²) >= 11 is 3.33. The number of carbonyl (C=O) groups excluding carboxylic acids is 1. The van der Waals surface area contributed by atoms with Gasteiger partial charge in [0.25, 0.3) is 0 Å². The van der Waals surface area contributed by atoms with Gasteiger partial charge in [0, 0.05) is 17.9 Å². The second-order valence-corrected chi connectivity index (χ2v) is 3.41. The molecule has 1 rings (SSSR count). The molecule has 0 aliphatic carbocycles. The van der Waals surface area contributed by atoms with Gasteiger partial charge in [0.1, 0.15) is 5.75 Å². The Balaban J connectivity index is 2.89. The highest BCUT2D eigenvalue weighted by molar-refractivity contribution is 9.10. The minimum Gasteiger partial charge on any atom is -0.427 e. The van der Waals surface area contributed by atoms with E-state index < -0.39 is 0 Å². The van der Waals surface area contributed by atoms with E-state index in [1.54, 1.807) is 12.1 Å². The summed E-state index contributed by atoms with van der Waals surface area (Å²) in [5.41, 5.74) is 6.45. The van der Waals surface area contributed by atoms with Crippen LogP contribution >= 0.6 is 15.9 Å². The van der Waals surface area contributed by atoms with Gasteiger partial charge in [0.15, 0.2) is 0 Å². The third-order valence-electron chi connectivity index (χ3n) is 1.51. The number of carbonyl (C=O) groups is 1. The monoisotopic (exact) mass is 243 g/mol. The second-order valence-electron chi connectivity index (χ2n) is 2.55. The van der Waals surface area contributed by atoms with Crippen LogP contribution in [-0.2, 0) is 11.3 Å². The molecule has 0 bridgehead atoms. The second kappa shape index (κ2) is 4.39. The van der Waals surface area contributed by atoms with Crippen molar-refractivity contribution in [3.63, 3.8) is 0 Å². The van der Waals surface area contributed by atoms with Crippen LogP contribution in [0.4, 0.5) is 0 Å². The molecule has 2 N–H and O–H groups in total. The average Bonchev–Trinajstić information content (AvgIpc) is 2.03. The van der Waals surface area contributed by atoms with E-state index in [2.05, 4.69) is 15.9 Å². The topological polar surface area (TPSA) is 52.3 Å². The summed E-state index contributed by atoms with van der Waals surface area (Å²) in [6.45, 7) is 1.83. The number of halogens is 1. The number of hydrogen-bond donors (Lipinski definition) is 1. The minimum absolute atomic E-state index is 0.326. The van der Waals surface area contributed by atoms with Crippen molar-refractivity contribution in [1.29, 1.82) is 0 Å². The number of rotatable bonds is 2. The summed E-state index contributed by atoms with van der Waals surface area (Å²) in [5.74, 6) is 0.198. The van der Waals surface area contributed by atoms with Crippen molar-refractivity contribution in [2.45, 2.75) is 13.5 Å². The maximum absolute atomic E-state index is 10.6. The van der Waals surface area contributed by atoms with E-state index >= 15 is 0 Å². The fourth-order valence-corrected chi connectivity index (χ4v) is 1.44. The van der Waals surface area contributed by atoms with Crippen LogP contribution in [0.5, 0.6) is 5.75 Å². The lowest BCUT2D eigenvalue weighted by Crippen LogP contribution is -2.02. The van der Waals surface area contributed by atoms with Crippen molar-refractivity contribution in [2.75, 3.05) is 0 Å². The smallest absolute Gasteiger partial charge is 0.308 e. The third kappa shape index (κ3) is 2.82. The van der Waals surface area contributed by atoms with E-state index in [9.17, 15) is 4.79 Å². The summed E-state index contributed by atoms with van der Waals surface area (Å²) in [6, 6.07) is 5.26. The van der Waals surface area contributed by atoms with Crippen LogP contribution in [0, 0.1) is 0 Å². The molecule has 0 atom stereocenters. The normalized spacial score (nSPS) is 9.77. The molecule has 0 saturated heterocycles. The number of benzene rings is 1. The van der Waals surface area contributed by atoms with Crippen LogP contribution in [0.1, 0.15) is 12.5 Å². The first kappa shape index (κ1) is 10.2. The summed E-state index contributed by atoms with van der Waals surface area (Å²) in [6.07, 6.45) is 0. The van der Waals surface area contributed by atoms with Crippen molar-refractivity contribution in [3.8, 4) is 5.75 Å². The molecule has 0 aromatic heterocycles. The number of nitrogens with two attached hydrogens (primary N) is 1. The van der Waals surface area contributed by atoms with E-state index in [0.717, 1.165) is 10.0 Å². The molecule has 1 aromatic rings. The van der Waals surface area contributed by atoms with E-state index in [1.807, 2.05) is 6.07 Å². The summed E-state index contributed by atoms with van der Waals surface area (Å²) in [4.78, 5) is 10.6. The molecule has 0 aliphatic heterocycles. The molecule has 0 unspecified atom stereocenters. The van der Waals surface area contributed by atoms with Crippen LogP contribution in [0.2, 0.25) is 0 Å². The molecular formula is C9H10BrNO2. The van der Waals surface area contributed by atoms with E-state index in [0.29, 0.717) is 12.3 Å². The van der Waals surface area contributed by atoms with Gasteiger partial charge in [0.2, 0.25) is 0 Å². The van der Waals surface area contributed by atoms with Crippen LogP contribution in [-0.4, -0.2) is 5.97 Å². The maximum Gasteiger partial charge on any atom is 0.308 e. The van der Waals surface area contributed by atoms with Gasteiger partial charge in [-0.15, -0.1) is 0 Å². The zero-order valence-corrected chi connectivity index (χ0v) is 8.80. The van der Waals surface area contributed by atoms with Crippen molar-refractivity contribution in [3.05, 3.63) is 28.2 Å². The van der Waals surface area contributed by atoms with Crippen molar-refractivity contribution >= 4 is 21.9 Å². The van der Waals surface area contributed by atoms with Gasteiger partial charge in [-0.3, -0.25) is 4.79 Å². The Kier molecular flexibility index (Phi) is 3.45. The predicted octanol–water partition coefficient (Wildman–Crippen LogP) is 1.83. The van der Waals surface area contributed by atoms with E-state index in [1.165, 1.54) is 6.92 Å². The van der Waals surface area contributed by atoms with Gasteiger partial charge in [0.05, 0.1) is 0 Å². The molecule has 0 spiro atoms. The fourth-order valence-electron chi connectivity index (χ4n) is 0.923. The maximum atomic E-state index is 10.6. The minimum atomic E-state index is -0.326.